The van der Waals surface area contributed by atoms with Crippen molar-refractivity contribution in [2.24, 2.45) is 0 Å². The molecule has 3 unspecified atom stereocenters. The summed E-state index contributed by atoms with van der Waals surface area (Å²) in [6.45, 7) is 3.01. The molecule has 7 heteroatoms. The van der Waals surface area contributed by atoms with Crippen LogP contribution < -0.4 is 10.4 Å². The predicted molar refractivity (Wildman–Crippen MR) is 127 cm³/mol. The summed E-state index contributed by atoms with van der Waals surface area (Å²) in [6.07, 6.45) is 3.32. The van der Waals surface area contributed by atoms with Gasteiger partial charge in [0.2, 0.25) is 0 Å². The Hall–Kier alpha value is -3.81. The number of carbonyl (C=O) groups excluding carboxylic acids is 1. The lowest BCUT2D eigenvalue weighted by atomic mass is 9.92. The second-order valence-electron chi connectivity index (χ2n) is 7.74. The number of aromatic nitrogens is 1. The fourth-order valence-electron chi connectivity index (χ4n) is 3.50. The Morgan fingerprint density at radius 3 is 2.03 bits per heavy atom. The van der Waals surface area contributed by atoms with Crippen molar-refractivity contribution >= 4 is 11.9 Å². The van der Waals surface area contributed by atoms with Crippen LogP contribution >= 0.6 is 0 Å². The number of benzene rings is 2. The summed E-state index contributed by atoms with van der Waals surface area (Å²) in [5, 5.41) is 30.0. The van der Waals surface area contributed by atoms with Gasteiger partial charge in [-0.3, -0.25) is 4.98 Å². The van der Waals surface area contributed by atoms with Crippen LogP contribution in [0.3, 0.4) is 0 Å². The number of carboxylic acids is 2. The Kier molecular flexibility index (Phi) is 11.2. The summed E-state index contributed by atoms with van der Waals surface area (Å²) in [5.74, 6) is -2.53. The lowest BCUT2D eigenvalue weighted by Gasteiger charge is -2.20. The SMILES string of the molecule is CC([NH2+]CCC(c1ccccc1)c1ccccn1)C(O)c1ccccc1.O=C([O-])/C=C/C(=O)O. The van der Waals surface area contributed by atoms with Gasteiger partial charge in [-0.25, -0.2) is 4.79 Å². The van der Waals surface area contributed by atoms with Crippen molar-refractivity contribution < 1.29 is 30.2 Å². The van der Waals surface area contributed by atoms with Crippen LogP contribution in [0.1, 0.15) is 42.2 Å². The summed E-state index contributed by atoms with van der Waals surface area (Å²) < 4.78 is 0. The molecular formula is C27H30N2O5. The molecule has 0 aliphatic heterocycles. The minimum Gasteiger partial charge on any atom is -0.545 e. The van der Waals surface area contributed by atoms with Crippen molar-refractivity contribution in [3.8, 4) is 0 Å². The number of hydrogen-bond donors (Lipinski definition) is 3. The van der Waals surface area contributed by atoms with Crippen LogP contribution in [0.4, 0.5) is 0 Å². The van der Waals surface area contributed by atoms with Crippen LogP contribution in [0.2, 0.25) is 0 Å². The molecule has 0 saturated heterocycles. The molecule has 1 aromatic heterocycles. The van der Waals surface area contributed by atoms with Gasteiger partial charge >= 0.3 is 5.97 Å². The number of nitrogens with zero attached hydrogens (tertiary/aromatic N) is 1. The molecule has 2 aromatic carbocycles. The first-order valence-corrected chi connectivity index (χ1v) is 11.0. The van der Waals surface area contributed by atoms with Crippen molar-refractivity contribution in [2.75, 3.05) is 6.54 Å². The second kappa shape index (κ2) is 14.4. The van der Waals surface area contributed by atoms with Crippen molar-refractivity contribution in [1.82, 2.24) is 4.98 Å². The van der Waals surface area contributed by atoms with Crippen molar-refractivity contribution in [2.45, 2.75) is 31.4 Å². The van der Waals surface area contributed by atoms with Gasteiger partial charge in [0, 0.05) is 30.3 Å². The average molecular weight is 463 g/mol. The molecule has 178 valence electrons. The van der Waals surface area contributed by atoms with E-state index in [1.807, 2.05) is 54.7 Å². The van der Waals surface area contributed by atoms with Crippen LogP contribution in [0.15, 0.2) is 97.2 Å². The monoisotopic (exact) mass is 462 g/mol. The van der Waals surface area contributed by atoms with E-state index in [4.69, 9.17) is 5.11 Å². The molecule has 3 rings (SSSR count). The highest BCUT2D eigenvalue weighted by Gasteiger charge is 2.21. The summed E-state index contributed by atoms with van der Waals surface area (Å²) in [4.78, 5) is 23.5. The predicted octanol–water partition coefficient (Wildman–Crippen LogP) is 1.67. The molecule has 0 bridgehead atoms. The van der Waals surface area contributed by atoms with Gasteiger partial charge in [-0.15, -0.1) is 0 Å². The zero-order chi connectivity index (χ0) is 24.8. The fourth-order valence-corrected chi connectivity index (χ4v) is 3.50. The molecule has 0 aliphatic carbocycles. The minimum atomic E-state index is -1.51. The number of aliphatic hydroxyl groups excluding tert-OH is 1. The third-order valence-corrected chi connectivity index (χ3v) is 5.24. The summed E-state index contributed by atoms with van der Waals surface area (Å²) >= 11 is 0. The fraction of sp³-hybridized carbons (Fsp3) is 0.222. The van der Waals surface area contributed by atoms with E-state index in [0.717, 1.165) is 24.2 Å². The first-order chi connectivity index (χ1) is 16.4. The molecule has 7 nitrogen and oxygen atoms in total. The number of pyridine rings is 1. The highest BCUT2D eigenvalue weighted by molar-refractivity contribution is 5.88. The number of quaternary nitrogens is 1. The zero-order valence-electron chi connectivity index (χ0n) is 19.0. The third kappa shape index (κ3) is 9.36. The van der Waals surface area contributed by atoms with Crippen LogP contribution in [0, 0.1) is 0 Å². The molecule has 1 heterocycles. The Labute approximate surface area is 199 Å². The van der Waals surface area contributed by atoms with Crippen molar-refractivity contribution in [1.29, 1.82) is 0 Å². The molecule has 0 aliphatic rings. The summed E-state index contributed by atoms with van der Waals surface area (Å²) in [5.41, 5.74) is 3.36. The first-order valence-electron chi connectivity index (χ1n) is 11.0. The van der Waals surface area contributed by atoms with Crippen LogP contribution in [0.5, 0.6) is 0 Å². The van der Waals surface area contributed by atoms with Crippen LogP contribution in [0.25, 0.3) is 0 Å². The molecule has 34 heavy (non-hydrogen) atoms. The number of carboxylic acid groups (broad SMARTS) is 2. The molecule has 0 radical (unpaired) electrons. The van der Waals surface area contributed by atoms with Gasteiger partial charge in [-0.1, -0.05) is 66.7 Å². The normalized spacial score (nSPS) is 13.4. The highest BCUT2D eigenvalue weighted by atomic mass is 16.4. The molecule has 0 fully saturated rings. The van der Waals surface area contributed by atoms with Gasteiger partial charge in [0.05, 0.1) is 12.5 Å². The van der Waals surface area contributed by atoms with E-state index < -0.39 is 18.0 Å². The van der Waals surface area contributed by atoms with Gasteiger partial charge in [-0.05, 0) is 36.3 Å². The smallest absolute Gasteiger partial charge is 0.328 e. The standard InChI is InChI=1S/C23H26N2O.C4H4O4/c1-18(23(26)20-12-6-3-7-13-20)24-17-15-21(19-10-4-2-5-11-19)22-14-8-9-16-25-22;5-3(6)1-2-4(7)8/h2-14,16,18,21,23-24,26H,15,17H2,1H3;1-2H,(H,5,6)(H,7,8)/b;2-1+. The largest absolute Gasteiger partial charge is 0.545 e. The number of hydrogen-bond acceptors (Lipinski definition) is 5. The highest BCUT2D eigenvalue weighted by Crippen LogP contribution is 2.25. The Morgan fingerprint density at radius 2 is 1.53 bits per heavy atom. The van der Waals surface area contributed by atoms with E-state index in [1.165, 1.54) is 5.56 Å². The minimum absolute atomic E-state index is 0.109. The number of aliphatic hydroxyl groups is 1. The first kappa shape index (κ1) is 26.4. The average Bonchev–Trinajstić information content (AvgIpc) is 2.87. The quantitative estimate of drug-likeness (QED) is 0.393. The lowest BCUT2D eigenvalue weighted by Crippen LogP contribution is -2.90. The number of carbonyl (C=O) groups is 2. The molecule has 3 atom stereocenters. The maximum atomic E-state index is 10.5. The maximum absolute atomic E-state index is 10.5. The lowest BCUT2D eigenvalue weighted by molar-refractivity contribution is -0.694. The van der Waals surface area contributed by atoms with Gasteiger partial charge in [0.1, 0.15) is 12.1 Å². The van der Waals surface area contributed by atoms with Crippen molar-refractivity contribution in [3.63, 3.8) is 0 Å². The van der Waals surface area contributed by atoms with Gasteiger partial charge < -0.3 is 25.4 Å². The topological polar surface area (TPSA) is 127 Å². The Balaban J connectivity index is 0.000000440. The second-order valence-corrected chi connectivity index (χ2v) is 7.74. The number of aliphatic carboxylic acids is 2. The number of nitrogens with two attached hydrogens (primary N) is 1. The zero-order valence-corrected chi connectivity index (χ0v) is 19.0. The van der Waals surface area contributed by atoms with Gasteiger partial charge in [-0.2, -0.15) is 0 Å². The molecular weight excluding hydrogens is 432 g/mol. The van der Waals surface area contributed by atoms with E-state index in [-0.39, 0.29) is 12.0 Å². The maximum Gasteiger partial charge on any atom is 0.328 e. The molecule has 3 aromatic rings. The van der Waals surface area contributed by atoms with Crippen LogP contribution in [-0.4, -0.2) is 39.7 Å². The van der Waals surface area contributed by atoms with Gasteiger partial charge in [0.25, 0.3) is 0 Å². The van der Waals surface area contributed by atoms with E-state index in [9.17, 15) is 19.8 Å². The van der Waals surface area contributed by atoms with E-state index in [0.29, 0.717) is 12.2 Å². The Morgan fingerprint density at radius 1 is 0.941 bits per heavy atom. The molecule has 4 N–H and O–H groups in total. The van der Waals surface area contributed by atoms with E-state index >= 15 is 0 Å². The van der Waals surface area contributed by atoms with Crippen LogP contribution in [-0.2, 0) is 9.59 Å². The van der Waals surface area contributed by atoms with E-state index in [2.05, 4.69) is 47.6 Å². The van der Waals surface area contributed by atoms with Gasteiger partial charge in [0.15, 0.2) is 0 Å². The number of rotatable bonds is 10. The molecule has 0 saturated carbocycles. The molecule has 0 spiro atoms. The summed E-state index contributed by atoms with van der Waals surface area (Å²) in [6, 6.07) is 26.6. The van der Waals surface area contributed by atoms with E-state index in [1.54, 1.807) is 0 Å². The summed E-state index contributed by atoms with van der Waals surface area (Å²) in [7, 11) is 0. The Bertz CT molecular complexity index is 971. The molecule has 0 amide bonds. The third-order valence-electron chi connectivity index (χ3n) is 5.24. The van der Waals surface area contributed by atoms with Crippen molar-refractivity contribution in [3.05, 3.63) is 114 Å².